The fourth-order valence-electron chi connectivity index (χ4n) is 1.92. The number of thioether (sulfide) groups is 1. The largest absolute Gasteiger partial charge is 0.335 e. The van der Waals surface area contributed by atoms with Gasteiger partial charge >= 0.3 is 0 Å². The molecule has 0 aromatic heterocycles. The highest BCUT2D eigenvalue weighted by Gasteiger charge is 2.12. The molecule has 0 radical (unpaired) electrons. The van der Waals surface area contributed by atoms with Crippen molar-refractivity contribution in [3.05, 3.63) is 50.6 Å². The van der Waals surface area contributed by atoms with E-state index in [1.54, 1.807) is 45.9 Å². The van der Waals surface area contributed by atoms with Crippen molar-refractivity contribution in [2.45, 2.75) is 12.8 Å². The van der Waals surface area contributed by atoms with Gasteiger partial charge in [0.05, 0.1) is 0 Å². The van der Waals surface area contributed by atoms with Gasteiger partial charge in [0.1, 0.15) is 0 Å². The summed E-state index contributed by atoms with van der Waals surface area (Å²) in [4.78, 5) is 27.5. The summed E-state index contributed by atoms with van der Waals surface area (Å²) in [5, 5.41) is 0. The van der Waals surface area contributed by atoms with Crippen LogP contribution in [0.3, 0.4) is 0 Å². The van der Waals surface area contributed by atoms with Gasteiger partial charge in [-0.05, 0) is 0 Å². The van der Waals surface area contributed by atoms with Crippen LogP contribution < -0.4 is 0 Å². The van der Waals surface area contributed by atoms with Crippen LogP contribution in [0.2, 0.25) is 0 Å². The second-order valence-corrected chi connectivity index (χ2v) is 6.09. The first-order valence-corrected chi connectivity index (χ1v) is 8.83. The first kappa shape index (κ1) is 21.2. The van der Waals surface area contributed by atoms with E-state index in [-0.39, 0.29) is 11.8 Å². The molecule has 4 nitrogen and oxygen atoms in total. The standard InChI is InChI=1S/C18H28N2O2S/c1-5-11-19(12-6-2)17(21)9-15-23-16-10-18(22)20(13-7-3)14-8-4/h5-8H,1-4,9-16H2. The van der Waals surface area contributed by atoms with Gasteiger partial charge in [0.25, 0.3) is 0 Å². The van der Waals surface area contributed by atoms with Gasteiger partial charge < -0.3 is 9.80 Å². The van der Waals surface area contributed by atoms with E-state index in [4.69, 9.17) is 0 Å². The second kappa shape index (κ2) is 13.9. The molecular formula is C18H28N2O2S. The van der Waals surface area contributed by atoms with Crippen LogP contribution in [-0.4, -0.2) is 59.3 Å². The molecule has 0 aromatic carbocycles. The average molecular weight is 337 g/mol. The monoisotopic (exact) mass is 336 g/mol. The summed E-state index contributed by atoms with van der Waals surface area (Å²) in [5.74, 6) is 1.59. The molecule has 0 saturated heterocycles. The molecule has 128 valence electrons. The van der Waals surface area contributed by atoms with Gasteiger partial charge in [-0.15, -0.1) is 26.3 Å². The number of nitrogens with zero attached hydrogens (tertiary/aromatic N) is 2. The molecule has 2 amide bonds. The zero-order chi connectivity index (χ0) is 17.5. The quantitative estimate of drug-likeness (QED) is 0.362. The number of hydrogen-bond donors (Lipinski definition) is 0. The van der Waals surface area contributed by atoms with Crippen LogP contribution >= 0.6 is 11.8 Å². The molecule has 0 unspecified atom stereocenters. The molecule has 0 saturated carbocycles. The van der Waals surface area contributed by atoms with Crippen molar-refractivity contribution < 1.29 is 9.59 Å². The highest BCUT2D eigenvalue weighted by atomic mass is 32.2. The van der Waals surface area contributed by atoms with Crippen molar-refractivity contribution in [2.24, 2.45) is 0 Å². The van der Waals surface area contributed by atoms with E-state index in [0.29, 0.717) is 50.5 Å². The third kappa shape index (κ3) is 9.79. The van der Waals surface area contributed by atoms with Crippen LogP contribution in [0.1, 0.15) is 12.8 Å². The molecule has 0 heterocycles. The zero-order valence-electron chi connectivity index (χ0n) is 13.9. The minimum absolute atomic E-state index is 0.0866. The van der Waals surface area contributed by atoms with Crippen molar-refractivity contribution in [1.82, 2.24) is 9.80 Å². The van der Waals surface area contributed by atoms with Crippen LogP contribution in [0.25, 0.3) is 0 Å². The molecule has 5 heteroatoms. The Morgan fingerprint density at radius 3 is 1.26 bits per heavy atom. The number of rotatable bonds is 14. The molecule has 0 atom stereocenters. The van der Waals surface area contributed by atoms with Crippen LogP contribution in [-0.2, 0) is 9.59 Å². The average Bonchev–Trinajstić information content (AvgIpc) is 2.53. The van der Waals surface area contributed by atoms with E-state index in [2.05, 4.69) is 26.3 Å². The second-order valence-electron chi connectivity index (χ2n) is 4.86. The number of carbonyl (C=O) groups excluding carboxylic acids is 2. The fourth-order valence-corrected chi connectivity index (χ4v) is 2.76. The summed E-state index contributed by atoms with van der Waals surface area (Å²) in [6, 6.07) is 0. The van der Waals surface area contributed by atoms with Gasteiger partial charge in [-0.25, -0.2) is 0 Å². The predicted molar refractivity (Wildman–Crippen MR) is 101 cm³/mol. The summed E-state index contributed by atoms with van der Waals surface area (Å²) < 4.78 is 0. The third-order valence-corrected chi connectivity index (χ3v) is 4.01. The van der Waals surface area contributed by atoms with E-state index < -0.39 is 0 Å². The van der Waals surface area contributed by atoms with Crippen molar-refractivity contribution in [3.8, 4) is 0 Å². The van der Waals surface area contributed by atoms with E-state index in [9.17, 15) is 9.59 Å². The molecule has 0 fully saturated rings. The Labute approximate surface area is 144 Å². The zero-order valence-corrected chi connectivity index (χ0v) is 14.7. The van der Waals surface area contributed by atoms with E-state index >= 15 is 0 Å². The number of amides is 2. The Bertz CT molecular complexity index is 363. The number of hydrogen-bond acceptors (Lipinski definition) is 3. The minimum Gasteiger partial charge on any atom is -0.335 e. The lowest BCUT2D eigenvalue weighted by atomic mass is 10.3. The molecule has 0 aliphatic rings. The topological polar surface area (TPSA) is 40.6 Å². The molecule has 0 rings (SSSR count). The summed E-state index contributed by atoms with van der Waals surface area (Å²) in [5.41, 5.74) is 0. The smallest absolute Gasteiger partial charge is 0.223 e. The van der Waals surface area contributed by atoms with Gasteiger partial charge in [-0.1, -0.05) is 24.3 Å². The molecule has 0 aromatic rings. The highest BCUT2D eigenvalue weighted by Crippen LogP contribution is 2.08. The fraction of sp³-hybridized carbons (Fsp3) is 0.444. The van der Waals surface area contributed by atoms with Crippen molar-refractivity contribution in [3.63, 3.8) is 0 Å². The Kier molecular flexibility index (Phi) is 12.8. The normalized spacial score (nSPS) is 9.74. The molecule has 0 spiro atoms. The van der Waals surface area contributed by atoms with E-state index in [0.717, 1.165) is 0 Å². The minimum atomic E-state index is 0.0866. The predicted octanol–water partition coefficient (Wildman–Crippen LogP) is 2.90. The molecule has 0 bridgehead atoms. The number of carbonyl (C=O) groups is 2. The first-order chi connectivity index (χ1) is 11.1. The van der Waals surface area contributed by atoms with E-state index in [1.807, 2.05) is 0 Å². The lowest BCUT2D eigenvalue weighted by Gasteiger charge is -2.20. The Morgan fingerprint density at radius 1 is 0.696 bits per heavy atom. The van der Waals surface area contributed by atoms with Gasteiger partial charge in [0.2, 0.25) is 11.8 Å². The Hall–Kier alpha value is -1.75. The molecule has 23 heavy (non-hydrogen) atoms. The van der Waals surface area contributed by atoms with Crippen molar-refractivity contribution in [1.29, 1.82) is 0 Å². The van der Waals surface area contributed by atoms with Crippen molar-refractivity contribution in [2.75, 3.05) is 37.7 Å². The summed E-state index contributed by atoms with van der Waals surface area (Å²) >= 11 is 1.62. The SMILES string of the molecule is C=CCN(CC=C)C(=O)CCSCCC(=O)N(CC=C)CC=C. The van der Waals surface area contributed by atoms with Crippen LogP contribution in [0, 0.1) is 0 Å². The van der Waals surface area contributed by atoms with Crippen LogP contribution in [0.5, 0.6) is 0 Å². The van der Waals surface area contributed by atoms with Gasteiger partial charge in [-0.2, -0.15) is 11.8 Å². The molecule has 0 aliphatic carbocycles. The van der Waals surface area contributed by atoms with Gasteiger partial charge in [0, 0.05) is 50.5 Å². The van der Waals surface area contributed by atoms with Gasteiger partial charge in [0.15, 0.2) is 0 Å². The van der Waals surface area contributed by atoms with Crippen molar-refractivity contribution >= 4 is 23.6 Å². The van der Waals surface area contributed by atoms with Crippen LogP contribution in [0.4, 0.5) is 0 Å². The Balaban J connectivity index is 4.01. The summed E-state index contributed by atoms with van der Waals surface area (Å²) in [6.45, 7) is 16.7. The Morgan fingerprint density at radius 2 is 1.00 bits per heavy atom. The lowest BCUT2D eigenvalue weighted by molar-refractivity contribution is -0.130. The van der Waals surface area contributed by atoms with Crippen LogP contribution in [0.15, 0.2) is 50.6 Å². The first-order valence-electron chi connectivity index (χ1n) is 7.67. The molecule has 0 N–H and O–H groups in total. The lowest BCUT2D eigenvalue weighted by Crippen LogP contribution is -2.32. The summed E-state index contributed by atoms with van der Waals surface area (Å²) in [6.07, 6.45) is 7.76. The maximum Gasteiger partial charge on any atom is 0.223 e. The molecular weight excluding hydrogens is 308 g/mol. The maximum atomic E-state index is 12.0. The van der Waals surface area contributed by atoms with Gasteiger partial charge in [-0.3, -0.25) is 9.59 Å². The summed E-state index contributed by atoms with van der Waals surface area (Å²) in [7, 11) is 0. The molecule has 0 aliphatic heterocycles. The van der Waals surface area contributed by atoms with E-state index in [1.165, 1.54) is 0 Å². The highest BCUT2D eigenvalue weighted by molar-refractivity contribution is 7.99. The third-order valence-electron chi connectivity index (χ3n) is 3.02. The maximum absolute atomic E-state index is 12.0.